The van der Waals surface area contributed by atoms with Crippen molar-refractivity contribution in [2.45, 2.75) is 6.61 Å². The van der Waals surface area contributed by atoms with Gasteiger partial charge in [-0.2, -0.15) is 0 Å². The molecule has 2 aromatic carbocycles. The van der Waals surface area contributed by atoms with Gasteiger partial charge in [0.05, 0.1) is 5.69 Å². The van der Waals surface area contributed by atoms with Gasteiger partial charge in [-0.3, -0.25) is 0 Å². The maximum atomic E-state index is 13.5. The van der Waals surface area contributed by atoms with Crippen LogP contribution in [0.3, 0.4) is 0 Å². The van der Waals surface area contributed by atoms with Crippen LogP contribution in [0.5, 0.6) is 11.5 Å². The number of fused-ring (bicyclic) bond motifs is 5. The van der Waals surface area contributed by atoms with Crippen LogP contribution in [0.15, 0.2) is 36.4 Å². The quantitative estimate of drug-likeness (QED) is 0.778. The molecule has 0 atom stereocenters. The fourth-order valence-corrected chi connectivity index (χ4v) is 2.81. The Morgan fingerprint density at radius 3 is 3.00 bits per heavy atom. The molecule has 0 aliphatic carbocycles. The molecule has 0 saturated heterocycles. The van der Waals surface area contributed by atoms with Gasteiger partial charge in [-0.05, 0) is 30.3 Å². The van der Waals surface area contributed by atoms with Crippen LogP contribution < -0.4 is 9.47 Å². The van der Waals surface area contributed by atoms with E-state index in [1.54, 1.807) is 24.3 Å². The predicted octanol–water partition coefficient (Wildman–Crippen LogP) is 3.33. The zero-order valence-corrected chi connectivity index (χ0v) is 11.9. The van der Waals surface area contributed by atoms with Crippen molar-refractivity contribution in [3.05, 3.63) is 47.8 Å². The fourth-order valence-electron chi connectivity index (χ4n) is 2.81. The maximum Gasteiger partial charge on any atom is 0.341 e. The molecule has 0 bridgehead atoms. The van der Waals surface area contributed by atoms with Gasteiger partial charge in [-0.15, -0.1) is 0 Å². The second-order valence-corrected chi connectivity index (χ2v) is 5.30. The van der Waals surface area contributed by atoms with Crippen LogP contribution in [0, 0.1) is 5.82 Å². The topological polar surface area (TPSA) is 71.6 Å². The molecule has 1 aliphatic rings. The second kappa shape index (κ2) is 5.01. The largest absolute Gasteiger partial charge is 0.488 e. The van der Waals surface area contributed by atoms with Crippen molar-refractivity contribution in [3.63, 3.8) is 0 Å². The van der Waals surface area contributed by atoms with Crippen molar-refractivity contribution in [3.8, 4) is 22.8 Å². The Labute approximate surface area is 130 Å². The molecule has 0 saturated carbocycles. The summed E-state index contributed by atoms with van der Waals surface area (Å²) in [6.45, 7) is -0.0934. The Bertz CT molecular complexity index is 932. The SMILES string of the molecule is O=C(O)COc1ccc2c(c1)OCc1c-2[nH]c2ccc(F)cc12. The molecule has 0 spiro atoms. The lowest BCUT2D eigenvalue weighted by Gasteiger charge is -2.18. The molecule has 0 radical (unpaired) electrons. The molecule has 5 nitrogen and oxygen atoms in total. The van der Waals surface area contributed by atoms with E-state index in [2.05, 4.69) is 4.98 Å². The van der Waals surface area contributed by atoms with E-state index in [1.165, 1.54) is 12.1 Å². The monoisotopic (exact) mass is 313 g/mol. The van der Waals surface area contributed by atoms with E-state index < -0.39 is 12.6 Å². The van der Waals surface area contributed by atoms with Gasteiger partial charge in [0.25, 0.3) is 0 Å². The van der Waals surface area contributed by atoms with Gasteiger partial charge in [-0.25, -0.2) is 9.18 Å². The Balaban J connectivity index is 1.78. The number of aromatic amines is 1. The summed E-state index contributed by atoms with van der Waals surface area (Å²) in [5.74, 6) is -0.296. The number of rotatable bonds is 3. The van der Waals surface area contributed by atoms with E-state index in [0.717, 1.165) is 27.7 Å². The Kier molecular flexibility index (Phi) is 2.97. The molecule has 1 aromatic heterocycles. The number of aromatic nitrogens is 1. The van der Waals surface area contributed by atoms with E-state index >= 15 is 0 Å². The number of carboxylic acids is 1. The molecule has 4 rings (SSSR count). The van der Waals surface area contributed by atoms with E-state index in [1.807, 2.05) is 0 Å². The first-order valence-corrected chi connectivity index (χ1v) is 7.04. The van der Waals surface area contributed by atoms with Crippen LogP contribution >= 0.6 is 0 Å². The van der Waals surface area contributed by atoms with Crippen LogP contribution in [0.2, 0.25) is 0 Å². The summed E-state index contributed by atoms with van der Waals surface area (Å²) >= 11 is 0. The number of H-pyrrole nitrogens is 1. The highest BCUT2D eigenvalue weighted by Gasteiger charge is 2.22. The minimum atomic E-state index is -1.04. The molecule has 116 valence electrons. The third-order valence-corrected chi connectivity index (χ3v) is 3.82. The molecule has 2 heterocycles. The Hall–Kier alpha value is -3.02. The Morgan fingerprint density at radius 1 is 1.30 bits per heavy atom. The number of carbonyl (C=O) groups is 1. The number of hydrogen-bond acceptors (Lipinski definition) is 3. The molecule has 2 N–H and O–H groups in total. The maximum absolute atomic E-state index is 13.5. The van der Waals surface area contributed by atoms with Crippen molar-refractivity contribution < 1.29 is 23.8 Å². The third kappa shape index (κ3) is 2.28. The summed E-state index contributed by atoms with van der Waals surface area (Å²) in [5.41, 5.74) is 3.48. The number of carboxylic acid groups (broad SMARTS) is 1. The van der Waals surface area contributed by atoms with E-state index in [9.17, 15) is 9.18 Å². The number of ether oxygens (including phenoxy) is 2. The molecule has 0 amide bonds. The molecular weight excluding hydrogens is 301 g/mol. The van der Waals surface area contributed by atoms with E-state index in [4.69, 9.17) is 14.6 Å². The summed E-state index contributed by atoms with van der Waals surface area (Å²) in [7, 11) is 0. The van der Waals surface area contributed by atoms with Crippen molar-refractivity contribution in [2.24, 2.45) is 0 Å². The predicted molar refractivity (Wildman–Crippen MR) is 81.2 cm³/mol. The van der Waals surface area contributed by atoms with Crippen molar-refractivity contribution in [1.29, 1.82) is 0 Å². The number of nitrogens with one attached hydrogen (secondary N) is 1. The summed E-state index contributed by atoms with van der Waals surface area (Å²) in [5, 5.41) is 9.46. The van der Waals surface area contributed by atoms with Crippen LogP contribution in [0.4, 0.5) is 4.39 Å². The summed E-state index contributed by atoms with van der Waals surface area (Å²) in [6.07, 6.45) is 0. The second-order valence-electron chi connectivity index (χ2n) is 5.30. The standard InChI is InChI=1S/C17H12FNO4/c18-9-1-4-14-12(5-9)13-7-23-15-6-10(22-8-16(20)21)2-3-11(15)17(13)19-14/h1-6,19H,7-8H2,(H,20,21). The van der Waals surface area contributed by atoms with E-state index in [0.29, 0.717) is 18.1 Å². The smallest absolute Gasteiger partial charge is 0.341 e. The normalized spacial score (nSPS) is 12.4. The number of hydrogen-bond donors (Lipinski definition) is 2. The van der Waals surface area contributed by atoms with E-state index in [-0.39, 0.29) is 5.82 Å². The number of aliphatic carboxylic acids is 1. The number of halogens is 1. The average molecular weight is 313 g/mol. The molecule has 6 heteroatoms. The van der Waals surface area contributed by atoms with Crippen LogP contribution in [0.25, 0.3) is 22.2 Å². The summed E-state index contributed by atoms with van der Waals surface area (Å²) in [4.78, 5) is 13.8. The lowest BCUT2D eigenvalue weighted by Crippen LogP contribution is -2.10. The van der Waals surface area contributed by atoms with Crippen molar-refractivity contribution in [1.82, 2.24) is 4.98 Å². The van der Waals surface area contributed by atoms with Gasteiger partial charge in [-0.1, -0.05) is 0 Å². The first-order chi connectivity index (χ1) is 11.1. The third-order valence-electron chi connectivity index (χ3n) is 3.82. The lowest BCUT2D eigenvalue weighted by atomic mass is 10.0. The zero-order valence-electron chi connectivity index (χ0n) is 11.9. The van der Waals surface area contributed by atoms with Crippen LogP contribution in [-0.2, 0) is 11.4 Å². The van der Waals surface area contributed by atoms with Gasteiger partial charge < -0.3 is 19.6 Å². The molecule has 23 heavy (non-hydrogen) atoms. The highest BCUT2D eigenvalue weighted by atomic mass is 19.1. The molecular formula is C17H12FNO4. The lowest BCUT2D eigenvalue weighted by molar-refractivity contribution is -0.139. The first-order valence-electron chi connectivity index (χ1n) is 7.04. The first kappa shape index (κ1) is 13.6. The molecule has 0 unspecified atom stereocenters. The van der Waals surface area contributed by atoms with Gasteiger partial charge in [0.2, 0.25) is 0 Å². The van der Waals surface area contributed by atoms with Gasteiger partial charge in [0.1, 0.15) is 23.9 Å². The molecule has 0 fully saturated rings. The Morgan fingerprint density at radius 2 is 2.17 bits per heavy atom. The summed E-state index contributed by atoms with van der Waals surface area (Å²) < 4.78 is 24.4. The fraction of sp³-hybridized carbons (Fsp3) is 0.118. The molecule has 3 aromatic rings. The average Bonchev–Trinajstić information content (AvgIpc) is 2.90. The highest BCUT2D eigenvalue weighted by molar-refractivity contribution is 5.92. The number of benzene rings is 2. The highest BCUT2D eigenvalue weighted by Crippen LogP contribution is 2.42. The van der Waals surface area contributed by atoms with Gasteiger partial charge >= 0.3 is 5.97 Å². The molecule has 1 aliphatic heterocycles. The summed E-state index contributed by atoms with van der Waals surface area (Å²) in [6, 6.07) is 9.75. The van der Waals surface area contributed by atoms with Crippen LogP contribution in [0.1, 0.15) is 5.56 Å². The van der Waals surface area contributed by atoms with Crippen molar-refractivity contribution >= 4 is 16.9 Å². The van der Waals surface area contributed by atoms with Gasteiger partial charge in [0.15, 0.2) is 6.61 Å². The minimum absolute atomic E-state index is 0.289. The van der Waals surface area contributed by atoms with Crippen LogP contribution in [-0.4, -0.2) is 22.7 Å². The zero-order chi connectivity index (χ0) is 16.0. The minimum Gasteiger partial charge on any atom is -0.488 e. The van der Waals surface area contributed by atoms with Gasteiger partial charge in [0, 0.05) is 28.1 Å². The van der Waals surface area contributed by atoms with Crippen molar-refractivity contribution in [2.75, 3.05) is 6.61 Å².